The summed E-state index contributed by atoms with van der Waals surface area (Å²) in [5.74, 6) is -0.395. The maximum absolute atomic E-state index is 13.3. The Balaban J connectivity index is 2.42. The molecule has 0 bridgehead atoms. The molecule has 0 spiro atoms. The molecule has 0 aliphatic carbocycles. The van der Waals surface area contributed by atoms with E-state index in [4.69, 9.17) is 11.5 Å². The molecule has 0 unspecified atom stereocenters. The maximum Gasteiger partial charge on any atom is 0.211 e. The Bertz CT molecular complexity index is 631. The Morgan fingerprint density at radius 2 is 1.84 bits per heavy atom. The van der Waals surface area contributed by atoms with Gasteiger partial charge in [-0.25, -0.2) is 4.39 Å². The standard InChI is InChI=1S/C14H13FN4/c15-12-6-3-5-10(8-12)13-7-2-1-4-11(13)9-18-19-14(16)17/h1-9H,(H4,16,17,19). The zero-order chi connectivity index (χ0) is 13.7. The van der Waals surface area contributed by atoms with E-state index < -0.39 is 0 Å². The number of guanidine groups is 1. The highest BCUT2D eigenvalue weighted by molar-refractivity contribution is 5.90. The van der Waals surface area contributed by atoms with Gasteiger partial charge in [0.1, 0.15) is 5.82 Å². The van der Waals surface area contributed by atoms with Crippen LogP contribution in [0.25, 0.3) is 11.1 Å². The van der Waals surface area contributed by atoms with E-state index in [1.165, 1.54) is 18.3 Å². The molecule has 0 atom stereocenters. The van der Waals surface area contributed by atoms with Gasteiger partial charge in [-0.2, -0.15) is 5.10 Å². The van der Waals surface area contributed by atoms with Gasteiger partial charge in [0.2, 0.25) is 5.96 Å². The fourth-order valence-corrected chi connectivity index (χ4v) is 1.69. The Hall–Kier alpha value is -2.69. The fraction of sp³-hybridized carbons (Fsp3) is 0. The highest BCUT2D eigenvalue weighted by Crippen LogP contribution is 2.23. The zero-order valence-electron chi connectivity index (χ0n) is 10.1. The van der Waals surface area contributed by atoms with Crippen LogP contribution in [-0.2, 0) is 0 Å². The van der Waals surface area contributed by atoms with Crippen LogP contribution in [0.1, 0.15) is 5.56 Å². The van der Waals surface area contributed by atoms with Crippen LogP contribution in [-0.4, -0.2) is 12.2 Å². The first kappa shape index (κ1) is 12.8. The molecule has 4 nitrogen and oxygen atoms in total. The van der Waals surface area contributed by atoms with E-state index in [0.717, 1.165) is 16.7 Å². The van der Waals surface area contributed by atoms with Gasteiger partial charge in [-0.3, -0.25) is 0 Å². The van der Waals surface area contributed by atoms with Crippen molar-refractivity contribution in [2.45, 2.75) is 0 Å². The molecule has 2 rings (SSSR count). The first-order valence-corrected chi connectivity index (χ1v) is 5.64. The summed E-state index contributed by atoms with van der Waals surface area (Å²) in [6, 6.07) is 13.8. The van der Waals surface area contributed by atoms with E-state index in [9.17, 15) is 4.39 Å². The lowest BCUT2D eigenvalue weighted by Gasteiger charge is -2.05. The number of halogens is 1. The minimum atomic E-state index is -0.284. The average Bonchev–Trinajstić information content (AvgIpc) is 2.39. The minimum Gasteiger partial charge on any atom is -0.369 e. The van der Waals surface area contributed by atoms with Gasteiger partial charge in [-0.05, 0) is 23.3 Å². The number of hydrogen-bond donors (Lipinski definition) is 2. The molecule has 0 radical (unpaired) electrons. The van der Waals surface area contributed by atoms with E-state index in [1.54, 1.807) is 6.07 Å². The third-order valence-corrected chi connectivity index (χ3v) is 2.47. The van der Waals surface area contributed by atoms with Crippen molar-refractivity contribution in [2.24, 2.45) is 21.7 Å². The second-order valence-corrected chi connectivity index (χ2v) is 3.87. The summed E-state index contributed by atoms with van der Waals surface area (Å²) in [6.07, 6.45) is 1.53. The van der Waals surface area contributed by atoms with Crippen molar-refractivity contribution < 1.29 is 4.39 Å². The van der Waals surface area contributed by atoms with Crippen LogP contribution in [0, 0.1) is 5.82 Å². The van der Waals surface area contributed by atoms with Crippen molar-refractivity contribution in [1.82, 2.24) is 0 Å². The SMILES string of the molecule is NC(N)=NN=Cc1ccccc1-c1cccc(F)c1. The summed E-state index contributed by atoms with van der Waals surface area (Å²) in [5, 5.41) is 7.31. The van der Waals surface area contributed by atoms with Gasteiger partial charge in [-0.1, -0.05) is 36.4 Å². The number of benzene rings is 2. The molecule has 0 saturated carbocycles. The van der Waals surface area contributed by atoms with Crippen molar-refractivity contribution in [3.05, 3.63) is 59.9 Å². The van der Waals surface area contributed by atoms with E-state index in [0.29, 0.717) is 0 Å². The summed E-state index contributed by atoms with van der Waals surface area (Å²) < 4.78 is 13.3. The van der Waals surface area contributed by atoms with Crippen LogP contribution in [0.4, 0.5) is 4.39 Å². The zero-order valence-corrected chi connectivity index (χ0v) is 10.1. The molecule has 2 aromatic carbocycles. The molecule has 0 amide bonds. The lowest BCUT2D eigenvalue weighted by molar-refractivity contribution is 0.628. The van der Waals surface area contributed by atoms with Gasteiger partial charge in [0.25, 0.3) is 0 Å². The minimum absolute atomic E-state index is 0.112. The van der Waals surface area contributed by atoms with Gasteiger partial charge in [0.05, 0.1) is 6.21 Å². The molecule has 19 heavy (non-hydrogen) atoms. The van der Waals surface area contributed by atoms with Gasteiger partial charge in [0, 0.05) is 5.56 Å². The Labute approximate surface area is 110 Å². The predicted octanol–water partition coefficient (Wildman–Crippen LogP) is 2.10. The van der Waals surface area contributed by atoms with Crippen molar-refractivity contribution in [3.63, 3.8) is 0 Å². The molecule has 0 aromatic heterocycles. The third-order valence-electron chi connectivity index (χ3n) is 2.47. The van der Waals surface area contributed by atoms with Crippen LogP contribution in [0.5, 0.6) is 0 Å². The second-order valence-electron chi connectivity index (χ2n) is 3.87. The number of rotatable bonds is 3. The highest BCUT2D eigenvalue weighted by atomic mass is 19.1. The quantitative estimate of drug-likeness (QED) is 0.501. The molecular weight excluding hydrogens is 243 g/mol. The predicted molar refractivity (Wildman–Crippen MR) is 75.2 cm³/mol. The molecule has 0 fully saturated rings. The van der Waals surface area contributed by atoms with Crippen LogP contribution in [0.2, 0.25) is 0 Å². The summed E-state index contributed by atoms with van der Waals surface area (Å²) >= 11 is 0. The highest BCUT2D eigenvalue weighted by Gasteiger charge is 2.03. The van der Waals surface area contributed by atoms with Crippen LogP contribution < -0.4 is 11.5 Å². The van der Waals surface area contributed by atoms with Crippen molar-refractivity contribution >= 4 is 12.2 Å². The molecule has 96 valence electrons. The molecule has 4 N–H and O–H groups in total. The molecule has 0 aliphatic heterocycles. The lowest BCUT2D eigenvalue weighted by atomic mass is 10.0. The molecule has 2 aromatic rings. The number of hydrogen-bond acceptors (Lipinski definition) is 2. The van der Waals surface area contributed by atoms with Crippen LogP contribution in [0.3, 0.4) is 0 Å². The first-order chi connectivity index (χ1) is 9.16. The van der Waals surface area contributed by atoms with E-state index in [-0.39, 0.29) is 11.8 Å². The molecule has 5 heteroatoms. The van der Waals surface area contributed by atoms with Gasteiger partial charge in [-0.15, -0.1) is 5.10 Å². The molecule has 0 saturated heterocycles. The van der Waals surface area contributed by atoms with Crippen molar-refractivity contribution in [2.75, 3.05) is 0 Å². The lowest BCUT2D eigenvalue weighted by Crippen LogP contribution is -2.21. The van der Waals surface area contributed by atoms with Crippen LogP contribution >= 0.6 is 0 Å². The van der Waals surface area contributed by atoms with E-state index >= 15 is 0 Å². The average molecular weight is 256 g/mol. The monoisotopic (exact) mass is 256 g/mol. The number of nitrogens with zero attached hydrogens (tertiary/aromatic N) is 2. The summed E-state index contributed by atoms with van der Waals surface area (Å²) in [7, 11) is 0. The third kappa shape index (κ3) is 3.38. The number of nitrogens with two attached hydrogens (primary N) is 2. The topological polar surface area (TPSA) is 76.8 Å². The largest absolute Gasteiger partial charge is 0.369 e. The van der Waals surface area contributed by atoms with Gasteiger partial charge < -0.3 is 11.5 Å². The van der Waals surface area contributed by atoms with E-state index in [2.05, 4.69) is 10.2 Å². The summed E-state index contributed by atoms with van der Waals surface area (Å²) in [5.41, 5.74) is 12.8. The van der Waals surface area contributed by atoms with Gasteiger partial charge >= 0.3 is 0 Å². The molecule has 0 heterocycles. The van der Waals surface area contributed by atoms with Crippen LogP contribution in [0.15, 0.2) is 58.7 Å². The van der Waals surface area contributed by atoms with Gasteiger partial charge in [0.15, 0.2) is 0 Å². The summed E-state index contributed by atoms with van der Waals surface area (Å²) in [4.78, 5) is 0. The first-order valence-electron chi connectivity index (χ1n) is 5.64. The van der Waals surface area contributed by atoms with E-state index in [1.807, 2.05) is 30.3 Å². The molecular formula is C14H13FN4. The molecule has 0 aliphatic rings. The Kier molecular flexibility index (Phi) is 3.87. The van der Waals surface area contributed by atoms with Crippen molar-refractivity contribution in [3.8, 4) is 11.1 Å². The van der Waals surface area contributed by atoms with Crippen molar-refractivity contribution in [1.29, 1.82) is 0 Å². The second kappa shape index (κ2) is 5.77. The smallest absolute Gasteiger partial charge is 0.211 e. The Morgan fingerprint density at radius 1 is 1.05 bits per heavy atom. The maximum atomic E-state index is 13.3. The normalized spacial score (nSPS) is 10.6. The summed E-state index contributed by atoms with van der Waals surface area (Å²) in [6.45, 7) is 0. The Morgan fingerprint density at radius 3 is 2.58 bits per heavy atom. The fourth-order valence-electron chi connectivity index (χ4n) is 1.69.